The molecule has 0 aromatic carbocycles. The summed E-state index contributed by atoms with van der Waals surface area (Å²) in [7, 11) is 1.70. The maximum absolute atomic E-state index is 5.38. The van der Waals surface area contributed by atoms with Gasteiger partial charge in [-0.15, -0.1) is 0 Å². The molecule has 0 amide bonds. The van der Waals surface area contributed by atoms with E-state index in [1.165, 1.54) is 12.8 Å². The molecule has 3 heteroatoms. The third-order valence-electron chi connectivity index (χ3n) is 3.45. The third-order valence-corrected chi connectivity index (χ3v) is 3.45. The van der Waals surface area contributed by atoms with Gasteiger partial charge in [0.25, 0.3) is 0 Å². The maximum Gasteiger partial charge on any atom is 0.0700 e. The van der Waals surface area contributed by atoms with Crippen molar-refractivity contribution < 1.29 is 9.47 Å². The zero-order valence-electron chi connectivity index (χ0n) is 10.3. The fraction of sp³-hybridized carbons (Fsp3) is 1.00. The van der Waals surface area contributed by atoms with Crippen molar-refractivity contribution in [2.24, 2.45) is 11.3 Å². The normalized spacial score (nSPS) is 18.4. The van der Waals surface area contributed by atoms with Crippen LogP contribution in [0.5, 0.6) is 0 Å². The zero-order chi connectivity index (χ0) is 11.1. The molecule has 0 saturated heterocycles. The Hall–Kier alpha value is -0.120. The van der Waals surface area contributed by atoms with E-state index in [0.29, 0.717) is 18.6 Å². The number of hydrogen-bond donors (Lipinski definition) is 1. The average molecular weight is 215 g/mol. The van der Waals surface area contributed by atoms with Crippen molar-refractivity contribution in [1.29, 1.82) is 0 Å². The quantitative estimate of drug-likeness (QED) is 0.594. The topological polar surface area (TPSA) is 30.5 Å². The van der Waals surface area contributed by atoms with Gasteiger partial charge in [0.15, 0.2) is 0 Å². The van der Waals surface area contributed by atoms with Crippen LogP contribution in [-0.2, 0) is 9.47 Å². The monoisotopic (exact) mass is 215 g/mol. The highest BCUT2D eigenvalue weighted by Crippen LogP contribution is 2.51. The molecule has 15 heavy (non-hydrogen) atoms. The first kappa shape index (κ1) is 12.9. The molecule has 3 nitrogen and oxygen atoms in total. The lowest BCUT2D eigenvalue weighted by Gasteiger charge is -2.19. The third kappa shape index (κ3) is 4.49. The van der Waals surface area contributed by atoms with E-state index in [1.54, 1.807) is 7.11 Å². The zero-order valence-corrected chi connectivity index (χ0v) is 10.3. The molecular formula is C12H25NO2. The van der Waals surface area contributed by atoms with E-state index >= 15 is 0 Å². The summed E-state index contributed by atoms with van der Waals surface area (Å²) < 4.78 is 10.3. The molecule has 0 aromatic rings. The molecule has 0 unspecified atom stereocenters. The summed E-state index contributed by atoms with van der Waals surface area (Å²) >= 11 is 0. The molecule has 0 bridgehead atoms. The predicted octanol–water partition coefficient (Wildman–Crippen LogP) is 1.68. The van der Waals surface area contributed by atoms with Crippen molar-refractivity contribution in [2.75, 3.05) is 40.0 Å². The van der Waals surface area contributed by atoms with E-state index in [4.69, 9.17) is 9.47 Å². The van der Waals surface area contributed by atoms with Gasteiger partial charge in [0.2, 0.25) is 0 Å². The van der Waals surface area contributed by atoms with Crippen LogP contribution in [0.15, 0.2) is 0 Å². The molecule has 1 saturated carbocycles. The van der Waals surface area contributed by atoms with Gasteiger partial charge in [0, 0.05) is 20.2 Å². The standard InChI is InChI=1S/C12H25NO2/c1-11(2)12(4-5-12)10-13-6-7-15-9-8-14-3/h11,13H,4-10H2,1-3H3. The van der Waals surface area contributed by atoms with Gasteiger partial charge >= 0.3 is 0 Å². The van der Waals surface area contributed by atoms with Gasteiger partial charge in [-0.05, 0) is 24.2 Å². The minimum absolute atomic E-state index is 0.604. The highest BCUT2D eigenvalue weighted by molar-refractivity contribution is 4.96. The van der Waals surface area contributed by atoms with Crippen LogP contribution >= 0.6 is 0 Å². The minimum atomic E-state index is 0.604. The summed E-state index contributed by atoms with van der Waals surface area (Å²) in [5.41, 5.74) is 0.604. The molecule has 1 fully saturated rings. The van der Waals surface area contributed by atoms with Crippen LogP contribution in [0.2, 0.25) is 0 Å². The molecule has 0 atom stereocenters. The van der Waals surface area contributed by atoms with E-state index in [0.717, 1.165) is 25.6 Å². The van der Waals surface area contributed by atoms with Gasteiger partial charge in [-0.3, -0.25) is 0 Å². The van der Waals surface area contributed by atoms with Gasteiger partial charge in [-0.1, -0.05) is 13.8 Å². The maximum atomic E-state index is 5.38. The lowest BCUT2D eigenvalue weighted by atomic mass is 9.92. The highest BCUT2D eigenvalue weighted by atomic mass is 16.5. The second-order valence-electron chi connectivity index (χ2n) is 4.80. The summed E-state index contributed by atoms with van der Waals surface area (Å²) in [4.78, 5) is 0. The van der Waals surface area contributed by atoms with Crippen LogP contribution in [0.4, 0.5) is 0 Å². The number of methoxy groups -OCH3 is 1. The second kappa shape index (κ2) is 6.46. The van der Waals surface area contributed by atoms with Gasteiger partial charge in [-0.25, -0.2) is 0 Å². The van der Waals surface area contributed by atoms with E-state index in [9.17, 15) is 0 Å². The van der Waals surface area contributed by atoms with E-state index < -0.39 is 0 Å². The highest BCUT2D eigenvalue weighted by Gasteiger charge is 2.44. The Kier molecular flexibility index (Phi) is 5.58. The molecule has 1 rings (SSSR count). The van der Waals surface area contributed by atoms with Gasteiger partial charge in [0.1, 0.15) is 0 Å². The van der Waals surface area contributed by atoms with Crippen molar-refractivity contribution in [1.82, 2.24) is 5.32 Å². The van der Waals surface area contributed by atoms with Crippen LogP contribution in [0.25, 0.3) is 0 Å². The first-order valence-electron chi connectivity index (χ1n) is 5.99. The lowest BCUT2D eigenvalue weighted by molar-refractivity contribution is 0.0713. The summed E-state index contributed by atoms with van der Waals surface area (Å²) in [6.07, 6.45) is 2.78. The second-order valence-corrected chi connectivity index (χ2v) is 4.80. The van der Waals surface area contributed by atoms with Crippen molar-refractivity contribution >= 4 is 0 Å². The van der Waals surface area contributed by atoms with Crippen molar-refractivity contribution in [3.8, 4) is 0 Å². The minimum Gasteiger partial charge on any atom is -0.382 e. The summed E-state index contributed by atoms with van der Waals surface area (Å²) in [5.74, 6) is 0.805. The number of nitrogens with one attached hydrogen (secondary N) is 1. The number of rotatable bonds is 9. The van der Waals surface area contributed by atoms with Crippen LogP contribution in [0, 0.1) is 11.3 Å². The number of hydrogen-bond acceptors (Lipinski definition) is 3. The number of ether oxygens (including phenoxy) is 2. The summed E-state index contributed by atoms with van der Waals surface area (Å²) in [5, 5.41) is 3.48. The first-order valence-corrected chi connectivity index (χ1v) is 5.99. The summed E-state index contributed by atoms with van der Waals surface area (Å²) in [6.45, 7) is 8.94. The molecule has 0 aliphatic heterocycles. The van der Waals surface area contributed by atoms with Crippen molar-refractivity contribution in [3.63, 3.8) is 0 Å². The van der Waals surface area contributed by atoms with E-state index in [-0.39, 0.29) is 0 Å². The fourth-order valence-corrected chi connectivity index (χ4v) is 1.84. The molecule has 0 spiro atoms. The molecule has 0 heterocycles. The Morgan fingerprint density at radius 3 is 2.47 bits per heavy atom. The first-order chi connectivity index (χ1) is 7.21. The van der Waals surface area contributed by atoms with Crippen LogP contribution in [0.3, 0.4) is 0 Å². The molecular weight excluding hydrogens is 190 g/mol. The Bertz CT molecular complexity index is 167. The largest absolute Gasteiger partial charge is 0.382 e. The Morgan fingerprint density at radius 2 is 1.93 bits per heavy atom. The van der Waals surface area contributed by atoms with E-state index in [1.807, 2.05) is 0 Å². The van der Waals surface area contributed by atoms with Crippen LogP contribution < -0.4 is 5.32 Å². The van der Waals surface area contributed by atoms with Crippen molar-refractivity contribution in [2.45, 2.75) is 26.7 Å². The smallest absolute Gasteiger partial charge is 0.0700 e. The molecule has 0 aromatic heterocycles. The Balaban J connectivity index is 1.89. The Morgan fingerprint density at radius 1 is 1.20 bits per heavy atom. The molecule has 90 valence electrons. The lowest BCUT2D eigenvalue weighted by Crippen LogP contribution is -2.30. The van der Waals surface area contributed by atoms with Crippen LogP contribution in [-0.4, -0.2) is 40.0 Å². The SMILES string of the molecule is COCCOCCNCC1(C(C)C)CC1. The Labute approximate surface area is 93.5 Å². The molecule has 1 N–H and O–H groups in total. The van der Waals surface area contributed by atoms with Crippen LogP contribution in [0.1, 0.15) is 26.7 Å². The van der Waals surface area contributed by atoms with Gasteiger partial charge < -0.3 is 14.8 Å². The molecule has 1 aliphatic carbocycles. The van der Waals surface area contributed by atoms with Crippen molar-refractivity contribution in [3.05, 3.63) is 0 Å². The molecule has 1 aliphatic rings. The fourth-order valence-electron chi connectivity index (χ4n) is 1.84. The average Bonchev–Trinajstić information content (AvgIpc) is 2.98. The van der Waals surface area contributed by atoms with E-state index in [2.05, 4.69) is 19.2 Å². The predicted molar refractivity (Wildman–Crippen MR) is 62.1 cm³/mol. The molecule has 0 radical (unpaired) electrons. The summed E-state index contributed by atoms with van der Waals surface area (Å²) in [6, 6.07) is 0. The van der Waals surface area contributed by atoms with Gasteiger partial charge in [0.05, 0.1) is 19.8 Å². The van der Waals surface area contributed by atoms with Gasteiger partial charge in [-0.2, -0.15) is 0 Å².